The van der Waals surface area contributed by atoms with E-state index in [0.717, 1.165) is 44.2 Å². The van der Waals surface area contributed by atoms with Crippen molar-refractivity contribution in [1.82, 2.24) is 30.3 Å². The molecule has 71 heavy (non-hydrogen) atoms. The number of carbonyl (C=O) groups is 7. The third-order valence-electron chi connectivity index (χ3n) is 12.6. The number of nitriles is 1. The molecular formula is C52H55N9O10. The van der Waals surface area contributed by atoms with Gasteiger partial charge in [-0.25, -0.2) is 0 Å². The number of hydrogen-bond donors (Lipinski definition) is 4. The normalized spacial score (nSPS) is 15.7. The lowest BCUT2D eigenvalue weighted by Gasteiger charge is -2.35. The first-order valence-corrected chi connectivity index (χ1v) is 23.8. The molecule has 2 saturated heterocycles. The van der Waals surface area contributed by atoms with Gasteiger partial charge in [0.1, 0.15) is 6.04 Å². The van der Waals surface area contributed by atoms with E-state index in [1.165, 1.54) is 6.07 Å². The van der Waals surface area contributed by atoms with Gasteiger partial charge in [-0.15, -0.1) is 0 Å². The van der Waals surface area contributed by atoms with Gasteiger partial charge in [-0.2, -0.15) is 5.26 Å². The van der Waals surface area contributed by atoms with Crippen molar-refractivity contribution in [2.75, 3.05) is 96.1 Å². The van der Waals surface area contributed by atoms with Gasteiger partial charge in [0.05, 0.1) is 74.3 Å². The molecule has 4 heterocycles. The van der Waals surface area contributed by atoms with Gasteiger partial charge < -0.3 is 40.0 Å². The van der Waals surface area contributed by atoms with Crippen LogP contribution in [0.4, 0.5) is 11.4 Å². The number of benzene rings is 4. The molecule has 19 heteroatoms. The lowest BCUT2D eigenvalue weighted by atomic mass is 10.0. The number of carbonyl (C=O) groups excluding carboxylic acids is 7. The summed E-state index contributed by atoms with van der Waals surface area (Å²) in [7, 11) is 0. The van der Waals surface area contributed by atoms with Crippen molar-refractivity contribution < 1.29 is 47.8 Å². The molecule has 2 fully saturated rings. The van der Waals surface area contributed by atoms with Crippen molar-refractivity contribution in [3.8, 4) is 6.07 Å². The van der Waals surface area contributed by atoms with Crippen LogP contribution in [0.25, 0.3) is 21.7 Å². The van der Waals surface area contributed by atoms with Crippen LogP contribution in [0.2, 0.25) is 0 Å². The Labute approximate surface area is 409 Å². The van der Waals surface area contributed by atoms with Gasteiger partial charge in [0, 0.05) is 87.2 Å². The van der Waals surface area contributed by atoms with Crippen LogP contribution in [-0.2, 0) is 39.8 Å². The SMILES string of the molecule is N#Cc1ccc2nccc(NCCc3ccc4cc(C(=O)N5CCN(C(=O)CCOCCOCCOCCNC(=O)CCNc6cccc7c6C(=O)N(C6CCC(=O)NC6=O)C7=O)CC5)ccc4c3)c2c1. The van der Waals surface area contributed by atoms with E-state index in [4.69, 9.17) is 14.2 Å². The van der Waals surface area contributed by atoms with E-state index in [-0.39, 0.29) is 80.8 Å². The molecule has 0 aliphatic carbocycles. The van der Waals surface area contributed by atoms with Crippen LogP contribution in [0, 0.1) is 11.3 Å². The van der Waals surface area contributed by atoms with Crippen LogP contribution in [0.15, 0.2) is 85.1 Å². The molecule has 0 saturated carbocycles. The topological polar surface area (TPSA) is 242 Å². The standard InChI is InChI=1S/C52H55N9O10/c53-33-35-5-9-41-40(31-35)42(13-17-55-41)54-16-12-34-4-6-37-32-38(8-7-36(37)30-34)50(66)60-22-20-59(21-23-60)47(64)15-24-69-26-28-71-29-27-70-25-19-57-45(62)14-18-56-43-3-1-2-39-48(43)52(68)61(51(39)67)44-10-11-46(63)58-49(44)65/h1-9,13,17,30-32,44,56H,10-12,14-16,18-29H2,(H,54,55)(H,57,62)(H,58,63,65). The predicted octanol–water partition coefficient (Wildman–Crippen LogP) is 3.66. The van der Waals surface area contributed by atoms with E-state index >= 15 is 0 Å². The number of piperidine rings is 1. The summed E-state index contributed by atoms with van der Waals surface area (Å²) in [6.45, 7) is 4.76. The number of hydrogen-bond acceptors (Lipinski definition) is 14. The lowest BCUT2D eigenvalue weighted by Crippen LogP contribution is -2.54. The predicted molar refractivity (Wildman–Crippen MR) is 261 cm³/mol. The molecule has 1 atom stereocenters. The van der Waals surface area contributed by atoms with E-state index < -0.39 is 29.7 Å². The van der Waals surface area contributed by atoms with Crippen molar-refractivity contribution >= 4 is 74.4 Å². The molecule has 0 radical (unpaired) electrons. The first-order chi connectivity index (χ1) is 34.6. The Morgan fingerprint density at radius 3 is 2.25 bits per heavy atom. The summed E-state index contributed by atoms with van der Waals surface area (Å²) in [5.41, 5.74) is 4.77. The highest BCUT2D eigenvalue weighted by molar-refractivity contribution is 6.25. The number of fused-ring (bicyclic) bond motifs is 3. The monoisotopic (exact) mass is 965 g/mol. The van der Waals surface area contributed by atoms with Gasteiger partial charge in [0.2, 0.25) is 23.6 Å². The fourth-order valence-corrected chi connectivity index (χ4v) is 8.82. The zero-order valence-corrected chi connectivity index (χ0v) is 39.2. The first kappa shape index (κ1) is 49.6. The van der Waals surface area contributed by atoms with Crippen molar-refractivity contribution in [1.29, 1.82) is 5.26 Å². The highest BCUT2D eigenvalue weighted by atomic mass is 16.5. The third-order valence-corrected chi connectivity index (χ3v) is 12.6. The fourth-order valence-electron chi connectivity index (χ4n) is 8.82. The molecule has 368 valence electrons. The van der Waals surface area contributed by atoms with Crippen LogP contribution in [-0.4, -0.2) is 153 Å². The number of rotatable bonds is 22. The quantitative estimate of drug-likeness (QED) is 0.0572. The van der Waals surface area contributed by atoms with Gasteiger partial charge >= 0.3 is 0 Å². The van der Waals surface area contributed by atoms with Crippen molar-refractivity contribution in [2.45, 2.75) is 38.1 Å². The summed E-state index contributed by atoms with van der Waals surface area (Å²) in [6, 6.07) is 25.3. The van der Waals surface area contributed by atoms with Gasteiger partial charge in [-0.05, 0) is 77.7 Å². The van der Waals surface area contributed by atoms with Gasteiger partial charge in [0.25, 0.3) is 17.7 Å². The highest BCUT2D eigenvalue weighted by Crippen LogP contribution is 2.32. The molecule has 1 aromatic heterocycles. The van der Waals surface area contributed by atoms with Crippen LogP contribution >= 0.6 is 0 Å². The molecule has 8 rings (SSSR count). The minimum atomic E-state index is -1.07. The summed E-state index contributed by atoms with van der Waals surface area (Å²) >= 11 is 0. The number of ether oxygens (including phenoxy) is 3. The number of aromatic nitrogens is 1. The average molecular weight is 966 g/mol. The molecule has 0 bridgehead atoms. The van der Waals surface area contributed by atoms with Gasteiger partial charge in [-0.3, -0.25) is 48.8 Å². The van der Waals surface area contributed by atoms with E-state index in [1.807, 2.05) is 42.5 Å². The number of amides is 7. The summed E-state index contributed by atoms with van der Waals surface area (Å²) in [5.74, 6) is -2.69. The smallest absolute Gasteiger partial charge is 0.264 e. The van der Waals surface area contributed by atoms with E-state index in [2.05, 4.69) is 44.5 Å². The van der Waals surface area contributed by atoms with Gasteiger partial charge in [-0.1, -0.05) is 30.3 Å². The first-order valence-electron chi connectivity index (χ1n) is 23.8. The Balaban J connectivity index is 0.636. The maximum Gasteiger partial charge on any atom is 0.264 e. The third kappa shape index (κ3) is 12.3. The number of piperazine rings is 1. The van der Waals surface area contributed by atoms with Crippen LogP contribution in [0.1, 0.15) is 67.9 Å². The Morgan fingerprint density at radius 2 is 1.46 bits per heavy atom. The van der Waals surface area contributed by atoms with Crippen molar-refractivity contribution in [3.63, 3.8) is 0 Å². The maximum absolute atomic E-state index is 13.5. The van der Waals surface area contributed by atoms with E-state index in [1.54, 1.807) is 34.2 Å². The van der Waals surface area contributed by atoms with E-state index in [9.17, 15) is 38.8 Å². The van der Waals surface area contributed by atoms with Gasteiger partial charge in [0.15, 0.2) is 0 Å². The summed E-state index contributed by atoms with van der Waals surface area (Å²) in [5, 5.41) is 23.7. The minimum Gasteiger partial charge on any atom is -0.384 e. The second-order valence-electron chi connectivity index (χ2n) is 17.2. The Morgan fingerprint density at radius 1 is 0.732 bits per heavy atom. The molecule has 4 aromatic carbocycles. The zero-order valence-electron chi connectivity index (χ0n) is 39.2. The molecule has 0 spiro atoms. The zero-order chi connectivity index (χ0) is 49.7. The molecule has 5 aromatic rings. The lowest BCUT2D eigenvalue weighted by molar-refractivity contribution is -0.136. The molecule has 4 N–H and O–H groups in total. The summed E-state index contributed by atoms with van der Waals surface area (Å²) in [6.07, 6.45) is 2.95. The Bertz CT molecular complexity index is 2880. The largest absolute Gasteiger partial charge is 0.384 e. The average Bonchev–Trinajstić information content (AvgIpc) is 3.64. The number of imide groups is 2. The number of nitrogens with zero attached hydrogens (tertiary/aromatic N) is 5. The molecule has 1 unspecified atom stereocenters. The Hall–Kier alpha value is -7.79. The molecule has 19 nitrogen and oxygen atoms in total. The van der Waals surface area contributed by atoms with Crippen LogP contribution < -0.4 is 21.3 Å². The number of anilines is 2. The molecule has 3 aliphatic heterocycles. The Kier molecular flexibility index (Phi) is 16.6. The van der Waals surface area contributed by atoms with E-state index in [0.29, 0.717) is 76.0 Å². The summed E-state index contributed by atoms with van der Waals surface area (Å²) in [4.78, 5) is 97.8. The fraction of sp³-hybridized carbons (Fsp3) is 0.365. The second-order valence-corrected chi connectivity index (χ2v) is 17.2. The summed E-state index contributed by atoms with van der Waals surface area (Å²) < 4.78 is 16.7. The number of nitrogens with one attached hydrogen (secondary N) is 4. The van der Waals surface area contributed by atoms with Crippen molar-refractivity contribution in [3.05, 3.63) is 113 Å². The molecule has 3 aliphatic rings. The van der Waals surface area contributed by atoms with Crippen molar-refractivity contribution in [2.24, 2.45) is 0 Å². The molecular weight excluding hydrogens is 911 g/mol. The minimum absolute atomic E-state index is 0.0256. The number of pyridine rings is 1. The second kappa shape index (κ2) is 23.7. The maximum atomic E-state index is 13.5. The van der Waals surface area contributed by atoms with Crippen LogP contribution in [0.3, 0.4) is 0 Å². The highest BCUT2D eigenvalue weighted by Gasteiger charge is 2.45. The van der Waals surface area contributed by atoms with Crippen LogP contribution in [0.5, 0.6) is 0 Å². The molecule has 7 amide bonds.